The smallest absolute Gasteiger partial charge is 0.159 e. The fraction of sp³-hybridized carbons (Fsp3) is 0.667. The number of halogens is 1. The van der Waals surface area contributed by atoms with Crippen LogP contribution in [0.1, 0.15) is 13.3 Å². The second-order valence-corrected chi connectivity index (χ2v) is 3.66. The molecule has 0 aliphatic rings. The summed E-state index contributed by atoms with van der Waals surface area (Å²) in [4.78, 5) is 0. The van der Waals surface area contributed by atoms with Crippen molar-refractivity contribution >= 4 is 22.6 Å². The van der Waals surface area contributed by atoms with Crippen molar-refractivity contribution in [3.63, 3.8) is 0 Å². The van der Waals surface area contributed by atoms with Crippen molar-refractivity contribution in [1.82, 2.24) is 0 Å². The Hall–Kier alpha value is 0.390. The number of alkyl halides is 1. The molecule has 2 nitrogen and oxygen atoms in total. The summed E-state index contributed by atoms with van der Waals surface area (Å²) in [5, 5.41) is 17.8. The molecule has 9 heavy (non-hydrogen) atoms. The lowest BCUT2D eigenvalue weighted by molar-refractivity contribution is 0.106. The van der Waals surface area contributed by atoms with Crippen LogP contribution in [-0.4, -0.2) is 20.4 Å². The van der Waals surface area contributed by atoms with Crippen molar-refractivity contribution in [2.75, 3.05) is 6.61 Å². The van der Waals surface area contributed by atoms with Gasteiger partial charge in [-0.1, -0.05) is 13.5 Å². The van der Waals surface area contributed by atoms with Crippen LogP contribution in [0.3, 0.4) is 0 Å². The number of hydrogen-bond acceptors (Lipinski definition) is 2. The second-order valence-electron chi connectivity index (χ2n) is 1.87. The third-order valence-corrected chi connectivity index (χ3v) is 2.28. The Kier molecular flexibility index (Phi) is 3.68. The van der Waals surface area contributed by atoms with E-state index in [1.165, 1.54) is 0 Å². The Morgan fingerprint density at radius 3 is 2.33 bits per heavy atom. The van der Waals surface area contributed by atoms with Gasteiger partial charge in [-0.3, -0.25) is 0 Å². The molecule has 0 amide bonds. The van der Waals surface area contributed by atoms with Gasteiger partial charge in [0.15, 0.2) is 3.61 Å². The third kappa shape index (κ3) is 2.64. The first-order valence-corrected chi connectivity index (χ1v) is 3.83. The van der Waals surface area contributed by atoms with Crippen LogP contribution in [0.15, 0.2) is 12.2 Å². The molecule has 1 unspecified atom stereocenters. The first-order valence-electron chi connectivity index (χ1n) is 2.75. The van der Waals surface area contributed by atoms with E-state index in [9.17, 15) is 5.11 Å². The van der Waals surface area contributed by atoms with Crippen LogP contribution in [0.4, 0.5) is 0 Å². The summed E-state index contributed by atoms with van der Waals surface area (Å²) in [7, 11) is 0. The molecule has 0 rings (SSSR count). The van der Waals surface area contributed by atoms with Crippen molar-refractivity contribution in [2.24, 2.45) is 0 Å². The standard InChI is InChI=1S/C6H11IO2/c1-3-5(2)6(7,9)4-8/h8-9H,2-4H2,1H3. The van der Waals surface area contributed by atoms with Gasteiger partial charge < -0.3 is 10.2 Å². The van der Waals surface area contributed by atoms with E-state index in [0.29, 0.717) is 12.0 Å². The van der Waals surface area contributed by atoms with Crippen LogP contribution >= 0.6 is 22.6 Å². The lowest BCUT2D eigenvalue weighted by Gasteiger charge is -2.19. The van der Waals surface area contributed by atoms with Crippen LogP contribution in [0.25, 0.3) is 0 Å². The second kappa shape index (κ2) is 3.53. The molecular formula is C6H11IO2. The topological polar surface area (TPSA) is 40.5 Å². The number of hydrogen-bond donors (Lipinski definition) is 2. The van der Waals surface area contributed by atoms with E-state index in [2.05, 4.69) is 6.58 Å². The highest BCUT2D eigenvalue weighted by molar-refractivity contribution is 14.1. The molecule has 0 heterocycles. The summed E-state index contributed by atoms with van der Waals surface area (Å²) >= 11 is 1.77. The molecule has 1 atom stereocenters. The largest absolute Gasteiger partial charge is 0.392 e. The first-order chi connectivity index (χ1) is 4.04. The molecule has 0 saturated heterocycles. The van der Waals surface area contributed by atoms with Gasteiger partial charge >= 0.3 is 0 Å². The molecule has 0 bridgehead atoms. The summed E-state index contributed by atoms with van der Waals surface area (Å²) in [6.45, 7) is 5.23. The maximum atomic E-state index is 9.23. The normalized spacial score (nSPS) is 16.9. The zero-order chi connectivity index (χ0) is 7.49. The van der Waals surface area contributed by atoms with Crippen molar-refractivity contribution in [3.8, 4) is 0 Å². The molecule has 0 saturated carbocycles. The van der Waals surface area contributed by atoms with Crippen molar-refractivity contribution in [2.45, 2.75) is 17.0 Å². The van der Waals surface area contributed by atoms with Gasteiger partial charge in [-0.2, -0.15) is 0 Å². The lowest BCUT2D eigenvalue weighted by atomic mass is 10.1. The summed E-state index contributed by atoms with van der Waals surface area (Å²) < 4.78 is -1.12. The highest BCUT2D eigenvalue weighted by atomic mass is 127. The van der Waals surface area contributed by atoms with Gasteiger partial charge in [0.05, 0.1) is 6.61 Å². The van der Waals surface area contributed by atoms with Crippen molar-refractivity contribution < 1.29 is 10.2 Å². The highest BCUT2D eigenvalue weighted by Gasteiger charge is 2.23. The molecular weight excluding hydrogens is 231 g/mol. The minimum absolute atomic E-state index is 0.264. The van der Waals surface area contributed by atoms with Crippen LogP contribution < -0.4 is 0 Å². The predicted octanol–water partition coefficient (Wildman–Crippen LogP) is 1.07. The van der Waals surface area contributed by atoms with Gasteiger partial charge in [0.2, 0.25) is 0 Å². The van der Waals surface area contributed by atoms with E-state index in [0.717, 1.165) is 0 Å². The Morgan fingerprint density at radius 2 is 2.22 bits per heavy atom. The average Bonchev–Trinajstić information content (AvgIpc) is 1.86. The summed E-state index contributed by atoms with van der Waals surface area (Å²) in [6, 6.07) is 0. The first kappa shape index (κ1) is 9.39. The van der Waals surface area contributed by atoms with Crippen molar-refractivity contribution in [1.29, 1.82) is 0 Å². The Morgan fingerprint density at radius 1 is 1.78 bits per heavy atom. The zero-order valence-electron chi connectivity index (χ0n) is 5.39. The molecule has 0 spiro atoms. The molecule has 0 aromatic heterocycles. The molecule has 0 aromatic carbocycles. The molecule has 0 radical (unpaired) electrons. The van der Waals surface area contributed by atoms with Gasteiger partial charge in [0.1, 0.15) is 0 Å². The van der Waals surface area contributed by atoms with E-state index in [-0.39, 0.29) is 6.61 Å². The quantitative estimate of drug-likeness (QED) is 0.441. The van der Waals surface area contributed by atoms with Gasteiger partial charge in [-0.25, -0.2) is 0 Å². The third-order valence-electron chi connectivity index (χ3n) is 1.18. The molecule has 3 heteroatoms. The molecule has 54 valence electrons. The maximum absolute atomic E-state index is 9.23. The van der Waals surface area contributed by atoms with E-state index in [1.807, 2.05) is 6.92 Å². The lowest BCUT2D eigenvalue weighted by Crippen LogP contribution is -2.26. The van der Waals surface area contributed by atoms with Crippen LogP contribution in [0.5, 0.6) is 0 Å². The molecule has 0 aliphatic carbocycles. The van der Waals surface area contributed by atoms with Gasteiger partial charge in [0, 0.05) is 0 Å². The summed E-state index contributed by atoms with van der Waals surface area (Å²) in [6.07, 6.45) is 0.694. The van der Waals surface area contributed by atoms with Gasteiger partial charge in [-0.15, -0.1) is 0 Å². The fourth-order valence-corrected chi connectivity index (χ4v) is 0.764. The minimum atomic E-state index is -1.12. The minimum Gasteiger partial charge on any atom is -0.392 e. The predicted molar refractivity (Wildman–Crippen MR) is 45.5 cm³/mol. The SMILES string of the molecule is C=C(CC)C(O)(I)CO. The number of aliphatic hydroxyl groups is 2. The molecule has 2 N–H and O–H groups in total. The summed E-state index contributed by atoms with van der Waals surface area (Å²) in [5.41, 5.74) is 0.658. The average molecular weight is 242 g/mol. The Balaban J connectivity index is 3.97. The van der Waals surface area contributed by atoms with Gasteiger partial charge in [-0.05, 0) is 34.6 Å². The summed E-state index contributed by atoms with van der Waals surface area (Å²) in [5.74, 6) is 0. The maximum Gasteiger partial charge on any atom is 0.159 e. The van der Waals surface area contributed by atoms with Crippen LogP contribution in [0, 0.1) is 0 Å². The van der Waals surface area contributed by atoms with E-state index >= 15 is 0 Å². The fourth-order valence-electron chi connectivity index (χ4n) is 0.383. The van der Waals surface area contributed by atoms with E-state index < -0.39 is 3.61 Å². The van der Waals surface area contributed by atoms with Crippen molar-refractivity contribution in [3.05, 3.63) is 12.2 Å². The number of aliphatic hydroxyl groups excluding tert-OH is 1. The molecule has 0 fully saturated rings. The van der Waals surface area contributed by atoms with Crippen LogP contribution in [0.2, 0.25) is 0 Å². The van der Waals surface area contributed by atoms with E-state index in [4.69, 9.17) is 5.11 Å². The molecule has 0 aromatic rings. The monoisotopic (exact) mass is 242 g/mol. The zero-order valence-corrected chi connectivity index (χ0v) is 7.55. The van der Waals surface area contributed by atoms with E-state index in [1.54, 1.807) is 22.6 Å². The van der Waals surface area contributed by atoms with Crippen LogP contribution in [-0.2, 0) is 0 Å². The molecule has 0 aliphatic heterocycles. The Bertz CT molecular complexity index is 110. The number of rotatable bonds is 3. The Labute approximate surface area is 68.7 Å². The highest BCUT2D eigenvalue weighted by Crippen LogP contribution is 2.24. The van der Waals surface area contributed by atoms with Gasteiger partial charge in [0.25, 0.3) is 0 Å².